The average molecular weight is 689 g/mol. The molecule has 0 saturated heterocycles. The number of ether oxygens (including phenoxy) is 4. The number of anilines is 2. The van der Waals surface area contributed by atoms with Crippen LogP contribution in [0.5, 0.6) is 23.0 Å². The van der Waals surface area contributed by atoms with Crippen LogP contribution in [-0.4, -0.2) is 45.0 Å². The molecule has 0 radical (unpaired) electrons. The summed E-state index contributed by atoms with van der Waals surface area (Å²) < 4.78 is 22.7. The lowest BCUT2D eigenvalue weighted by Gasteiger charge is -2.35. The van der Waals surface area contributed by atoms with E-state index in [9.17, 15) is 14.4 Å². The minimum atomic E-state index is -0.304. The summed E-state index contributed by atoms with van der Waals surface area (Å²) in [6.07, 6.45) is 5.02. The van der Waals surface area contributed by atoms with Crippen LogP contribution in [0, 0.1) is 11.3 Å². The minimum absolute atomic E-state index is 0.0344. The second-order valence-electron chi connectivity index (χ2n) is 13.4. The number of para-hydroxylation sites is 2. The highest BCUT2D eigenvalue weighted by molar-refractivity contribution is 6.14. The third-order valence-electron chi connectivity index (χ3n) is 8.63. The molecule has 0 bridgehead atoms. The number of nitrogens with one attached hydrogen (secondary N) is 2. The lowest BCUT2D eigenvalue weighted by atomic mass is 9.68. The largest absolute Gasteiger partial charge is 0.493 e. The molecule has 4 aromatic rings. The zero-order valence-corrected chi connectivity index (χ0v) is 29.7. The zero-order valence-electron chi connectivity index (χ0n) is 29.7. The van der Waals surface area contributed by atoms with Crippen LogP contribution < -0.4 is 29.6 Å². The molecule has 1 atom stereocenters. The molecule has 9 nitrogen and oxygen atoms in total. The molecule has 0 aromatic heterocycles. The first kappa shape index (κ1) is 36.5. The molecule has 51 heavy (non-hydrogen) atoms. The Balaban J connectivity index is 1.34. The lowest BCUT2D eigenvalue weighted by molar-refractivity contribution is -0.118. The number of hydrogen-bond acceptors (Lipinski definition) is 7. The third kappa shape index (κ3) is 10.1. The summed E-state index contributed by atoms with van der Waals surface area (Å²) in [4.78, 5) is 39.0. The van der Waals surface area contributed by atoms with Crippen molar-refractivity contribution in [1.29, 1.82) is 0 Å². The third-order valence-corrected chi connectivity index (χ3v) is 8.63. The smallest absolute Gasteiger partial charge is 0.262 e. The molecule has 264 valence electrons. The van der Waals surface area contributed by atoms with E-state index in [-0.39, 0.29) is 42.1 Å². The molecule has 1 fully saturated rings. The van der Waals surface area contributed by atoms with Gasteiger partial charge in [-0.3, -0.25) is 14.4 Å². The predicted octanol–water partition coefficient (Wildman–Crippen LogP) is 8.23. The van der Waals surface area contributed by atoms with E-state index in [2.05, 4.69) is 31.4 Å². The van der Waals surface area contributed by atoms with Crippen molar-refractivity contribution in [2.75, 3.05) is 38.1 Å². The van der Waals surface area contributed by atoms with Crippen LogP contribution in [0.25, 0.3) is 12.2 Å². The molecule has 0 aliphatic heterocycles. The first-order valence-corrected chi connectivity index (χ1v) is 16.8. The van der Waals surface area contributed by atoms with Crippen LogP contribution in [0.3, 0.4) is 0 Å². The van der Waals surface area contributed by atoms with Crippen LogP contribution in [-0.2, 0) is 14.4 Å². The average Bonchev–Trinajstić information content (AvgIpc) is 3.12. The van der Waals surface area contributed by atoms with E-state index in [1.165, 1.54) is 14.2 Å². The molecule has 4 aromatic carbocycles. The fraction of sp³-hybridized carbons (Fsp3) is 0.262. The standard InChI is InChI=1S/C42H44N2O7/c1-42(2,3)32-24-30(20-28-17-19-36(37(22-28)49-5)50-26-39(45)43-33-12-8-6-9-13-33)41(47)31(25-32)21-29-16-18-35(48-4)38(23-29)51-27-40(46)44-34-14-10-7-11-15-34/h6-23,32H,24-27H2,1-5H3,(H,43,45)(H,44,46). The fourth-order valence-corrected chi connectivity index (χ4v) is 5.77. The van der Waals surface area contributed by atoms with Crippen molar-refractivity contribution in [2.45, 2.75) is 33.6 Å². The quantitative estimate of drug-likeness (QED) is 0.144. The Morgan fingerprint density at radius 1 is 0.647 bits per heavy atom. The van der Waals surface area contributed by atoms with E-state index >= 15 is 0 Å². The summed E-state index contributed by atoms with van der Waals surface area (Å²) in [5.74, 6) is 1.32. The van der Waals surface area contributed by atoms with Crippen molar-refractivity contribution < 1.29 is 33.3 Å². The first-order valence-electron chi connectivity index (χ1n) is 16.8. The number of allylic oxidation sites excluding steroid dienone is 2. The predicted molar refractivity (Wildman–Crippen MR) is 200 cm³/mol. The van der Waals surface area contributed by atoms with Gasteiger partial charge in [-0.1, -0.05) is 69.3 Å². The summed E-state index contributed by atoms with van der Waals surface area (Å²) in [7, 11) is 3.07. The maximum Gasteiger partial charge on any atom is 0.262 e. The Bertz CT molecular complexity index is 1910. The Morgan fingerprint density at radius 2 is 1.10 bits per heavy atom. The summed E-state index contributed by atoms with van der Waals surface area (Å²) in [5, 5.41) is 5.61. The summed E-state index contributed by atoms with van der Waals surface area (Å²) in [6.45, 7) is 6.16. The van der Waals surface area contributed by atoms with Gasteiger partial charge in [0.2, 0.25) is 0 Å². The molecule has 1 unspecified atom stereocenters. The van der Waals surface area contributed by atoms with Crippen molar-refractivity contribution in [1.82, 2.24) is 0 Å². The van der Waals surface area contributed by atoms with Gasteiger partial charge < -0.3 is 29.6 Å². The zero-order chi connectivity index (χ0) is 36.4. The highest BCUT2D eigenvalue weighted by atomic mass is 16.5. The Kier molecular flexibility index (Phi) is 11.9. The van der Waals surface area contributed by atoms with E-state index in [0.29, 0.717) is 58.4 Å². The van der Waals surface area contributed by atoms with Gasteiger partial charge in [0.05, 0.1) is 14.2 Å². The molecule has 0 spiro atoms. The maximum absolute atomic E-state index is 14.0. The van der Waals surface area contributed by atoms with Crippen LogP contribution in [0.4, 0.5) is 11.4 Å². The number of ketones is 1. The van der Waals surface area contributed by atoms with Crippen molar-refractivity contribution >= 4 is 41.1 Å². The number of hydrogen-bond donors (Lipinski definition) is 2. The Hall–Kier alpha value is -5.83. The normalized spacial score (nSPS) is 16.0. The van der Waals surface area contributed by atoms with E-state index in [0.717, 1.165) is 11.1 Å². The number of carbonyl (C=O) groups is 3. The molecule has 2 amide bonds. The van der Waals surface area contributed by atoms with Crippen LogP contribution >= 0.6 is 0 Å². The molecule has 2 N–H and O–H groups in total. The molecule has 5 rings (SSSR count). The van der Waals surface area contributed by atoms with Crippen molar-refractivity contribution in [3.8, 4) is 23.0 Å². The topological polar surface area (TPSA) is 112 Å². The van der Waals surface area contributed by atoms with Crippen molar-refractivity contribution in [3.05, 3.63) is 119 Å². The summed E-state index contributed by atoms with van der Waals surface area (Å²) in [6, 6.07) is 29.1. The number of carbonyl (C=O) groups excluding carboxylic acids is 3. The molecule has 1 saturated carbocycles. The van der Waals surface area contributed by atoms with Gasteiger partial charge in [-0.15, -0.1) is 0 Å². The number of methoxy groups -OCH3 is 2. The van der Waals surface area contributed by atoms with Gasteiger partial charge in [-0.05, 0) is 96.0 Å². The SMILES string of the molecule is COc1cc(C=C2CC(C(C)(C)C)CC(=Cc3ccc(OC)c(OCC(=O)Nc4ccccc4)c3)C2=O)ccc1OCC(=O)Nc1ccccc1. The van der Waals surface area contributed by atoms with E-state index < -0.39 is 0 Å². The van der Waals surface area contributed by atoms with Gasteiger partial charge >= 0.3 is 0 Å². The van der Waals surface area contributed by atoms with Crippen LogP contribution in [0.2, 0.25) is 0 Å². The highest BCUT2D eigenvalue weighted by Crippen LogP contribution is 2.42. The van der Waals surface area contributed by atoms with Crippen LogP contribution in [0.15, 0.2) is 108 Å². The number of rotatable bonds is 12. The lowest BCUT2D eigenvalue weighted by Crippen LogP contribution is -2.29. The maximum atomic E-state index is 14.0. The van der Waals surface area contributed by atoms with Gasteiger partial charge in [0, 0.05) is 22.5 Å². The molecule has 1 aliphatic carbocycles. The molecular formula is C42H44N2O7. The highest BCUT2D eigenvalue weighted by Gasteiger charge is 2.34. The summed E-state index contributed by atoms with van der Waals surface area (Å²) >= 11 is 0. The number of Topliss-reactive ketones (excluding diaryl/α,β-unsaturated/α-hetero) is 1. The fourth-order valence-electron chi connectivity index (χ4n) is 5.77. The van der Waals surface area contributed by atoms with Gasteiger partial charge in [0.25, 0.3) is 11.8 Å². The first-order chi connectivity index (χ1) is 24.5. The van der Waals surface area contributed by atoms with Crippen molar-refractivity contribution in [2.24, 2.45) is 11.3 Å². The minimum Gasteiger partial charge on any atom is -0.493 e. The van der Waals surface area contributed by atoms with Gasteiger partial charge in [-0.25, -0.2) is 0 Å². The van der Waals surface area contributed by atoms with E-state index in [1.54, 1.807) is 48.5 Å². The van der Waals surface area contributed by atoms with E-state index in [4.69, 9.17) is 18.9 Å². The molecule has 9 heteroatoms. The van der Waals surface area contributed by atoms with E-state index in [1.807, 2.05) is 60.7 Å². The molecule has 0 heterocycles. The number of amides is 2. The number of benzene rings is 4. The van der Waals surface area contributed by atoms with Crippen molar-refractivity contribution in [3.63, 3.8) is 0 Å². The summed E-state index contributed by atoms with van der Waals surface area (Å²) in [5.41, 5.74) is 4.20. The van der Waals surface area contributed by atoms with Gasteiger partial charge in [-0.2, -0.15) is 0 Å². The molecular weight excluding hydrogens is 644 g/mol. The second-order valence-corrected chi connectivity index (χ2v) is 13.4. The Labute approximate surface area is 299 Å². The Morgan fingerprint density at radius 3 is 1.57 bits per heavy atom. The molecule has 1 aliphatic rings. The van der Waals surface area contributed by atoms with Gasteiger partial charge in [0.15, 0.2) is 42.0 Å². The van der Waals surface area contributed by atoms with Gasteiger partial charge in [0.1, 0.15) is 0 Å². The second kappa shape index (κ2) is 16.7. The van der Waals surface area contributed by atoms with Crippen LogP contribution in [0.1, 0.15) is 44.7 Å². The monoisotopic (exact) mass is 688 g/mol.